The predicted octanol–water partition coefficient (Wildman–Crippen LogP) is 4.27. The lowest BCUT2D eigenvalue weighted by atomic mass is 9.96. The summed E-state index contributed by atoms with van der Waals surface area (Å²) in [6, 6.07) is 13.6. The smallest absolute Gasteiger partial charge is 0.338 e. The molecule has 0 saturated heterocycles. The molecule has 0 bridgehead atoms. The monoisotopic (exact) mass is 484 g/mol. The van der Waals surface area contributed by atoms with Gasteiger partial charge in [-0.2, -0.15) is 0 Å². The minimum Gasteiger partial charge on any atom is -0.458 e. The van der Waals surface area contributed by atoms with Crippen LogP contribution in [0.3, 0.4) is 0 Å². The summed E-state index contributed by atoms with van der Waals surface area (Å²) < 4.78 is 7.33. The van der Waals surface area contributed by atoms with E-state index in [1.807, 2.05) is 12.1 Å². The highest BCUT2D eigenvalue weighted by atomic mass is 35.5. The number of rotatable bonds is 5. The molecule has 1 unspecified atom stereocenters. The summed E-state index contributed by atoms with van der Waals surface area (Å²) in [5.74, 6) is -0.546. The molecular formula is C24H18Cl2N2O3S. The fourth-order valence-electron chi connectivity index (χ4n) is 3.50. The third-order valence-corrected chi connectivity index (χ3v) is 6.38. The van der Waals surface area contributed by atoms with Crippen LogP contribution in [-0.2, 0) is 9.53 Å². The SMILES string of the molecule is C=CCOC(=O)C1=C(C)N=c2sc(=Cc3cccc(Cl)c3)c(=O)n2C1c1ccc(Cl)cc1. The average molecular weight is 485 g/mol. The Morgan fingerprint density at radius 1 is 1.22 bits per heavy atom. The number of nitrogens with zero attached hydrogens (tertiary/aromatic N) is 2. The second-order valence-electron chi connectivity index (χ2n) is 7.08. The molecule has 1 atom stereocenters. The van der Waals surface area contributed by atoms with Crippen LogP contribution in [0.2, 0.25) is 10.0 Å². The van der Waals surface area contributed by atoms with E-state index in [0.717, 1.165) is 11.1 Å². The van der Waals surface area contributed by atoms with E-state index in [4.69, 9.17) is 27.9 Å². The Bertz CT molecular complexity index is 1420. The molecule has 5 nitrogen and oxygen atoms in total. The van der Waals surface area contributed by atoms with Crippen LogP contribution in [0, 0.1) is 0 Å². The quantitative estimate of drug-likeness (QED) is 0.401. The van der Waals surface area contributed by atoms with Gasteiger partial charge in [0.2, 0.25) is 0 Å². The molecular weight excluding hydrogens is 467 g/mol. The van der Waals surface area contributed by atoms with Crippen LogP contribution >= 0.6 is 34.5 Å². The molecule has 32 heavy (non-hydrogen) atoms. The van der Waals surface area contributed by atoms with Gasteiger partial charge in [0.25, 0.3) is 5.56 Å². The van der Waals surface area contributed by atoms with Crippen LogP contribution in [0.1, 0.15) is 24.1 Å². The average Bonchev–Trinajstić information content (AvgIpc) is 3.06. The van der Waals surface area contributed by atoms with Crippen molar-refractivity contribution in [3.8, 4) is 0 Å². The van der Waals surface area contributed by atoms with Crippen molar-refractivity contribution in [1.82, 2.24) is 4.57 Å². The number of ether oxygens (including phenoxy) is 1. The molecule has 0 radical (unpaired) electrons. The van der Waals surface area contributed by atoms with Crippen LogP contribution in [0.4, 0.5) is 0 Å². The number of carbonyl (C=O) groups is 1. The Morgan fingerprint density at radius 3 is 2.66 bits per heavy atom. The van der Waals surface area contributed by atoms with Crippen LogP contribution in [0.25, 0.3) is 6.08 Å². The highest BCUT2D eigenvalue weighted by Crippen LogP contribution is 2.31. The lowest BCUT2D eigenvalue weighted by Gasteiger charge is -2.24. The number of halogens is 2. The van der Waals surface area contributed by atoms with E-state index < -0.39 is 12.0 Å². The molecule has 0 saturated carbocycles. The van der Waals surface area contributed by atoms with Crippen LogP contribution in [0.15, 0.2) is 82.2 Å². The number of fused-ring (bicyclic) bond motifs is 1. The van der Waals surface area contributed by atoms with E-state index in [-0.39, 0.29) is 12.2 Å². The number of aromatic nitrogens is 1. The van der Waals surface area contributed by atoms with Gasteiger partial charge in [-0.05, 0) is 48.4 Å². The zero-order valence-electron chi connectivity index (χ0n) is 17.0. The van der Waals surface area contributed by atoms with Crippen molar-refractivity contribution in [2.45, 2.75) is 13.0 Å². The third-order valence-electron chi connectivity index (χ3n) is 4.91. The van der Waals surface area contributed by atoms with E-state index in [0.29, 0.717) is 30.6 Å². The number of thiazole rings is 1. The maximum atomic E-state index is 13.5. The normalized spacial score (nSPS) is 15.8. The predicted molar refractivity (Wildman–Crippen MR) is 128 cm³/mol. The molecule has 2 aromatic carbocycles. The summed E-state index contributed by atoms with van der Waals surface area (Å²) in [5.41, 5.74) is 2.07. The number of carbonyl (C=O) groups excluding carboxylic acids is 1. The van der Waals surface area contributed by atoms with Crippen molar-refractivity contribution in [3.63, 3.8) is 0 Å². The first-order valence-corrected chi connectivity index (χ1v) is 11.3. The number of hydrogen-bond acceptors (Lipinski definition) is 5. The minimum atomic E-state index is -0.692. The summed E-state index contributed by atoms with van der Waals surface area (Å²) in [5, 5.41) is 1.13. The second kappa shape index (κ2) is 9.28. The van der Waals surface area contributed by atoms with Crippen molar-refractivity contribution >= 4 is 46.6 Å². The Morgan fingerprint density at radius 2 is 1.97 bits per heavy atom. The number of allylic oxidation sites excluding steroid dienone is 1. The molecule has 1 aliphatic rings. The first-order valence-electron chi connectivity index (χ1n) is 9.70. The third kappa shape index (κ3) is 4.35. The lowest BCUT2D eigenvalue weighted by molar-refractivity contribution is -0.138. The molecule has 1 aliphatic heterocycles. The van der Waals surface area contributed by atoms with E-state index in [2.05, 4.69) is 11.6 Å². The summed E-state index contributed by atoms with van der Waals surface area (Å²) in [7, 11) is 0. The van der Waals surface area contributed by atoms with E-state index in [1.165, 1.54) is 22.0 Å². The fourth-order valence-corrected chi connectivity index (χ4v) is 4.87. The fraction of sp³-hybridized carbons (Fsp3) is 0.125. The number of esters is 1. The van der Waals surface area contributed by atoms with Crippen molar-refractivity contribution in [1.29, 1.82) is 0 Å². The van der Waals surface area contributed by atoms with Gasteiger partial charge in [-0.25, -0.2) is 9.79 Å². The largest absolute Gasteiger partial charge is 0.458 e. The Kier molecular flexibility index (Phi) is 6.46. The van der Waals surface area contributed by atoms with Gasteiger partial charge in [-0.15, -0.1) is 0 Å². The molecule has 1 aromatic heterocycles. The number of benzene rings is 2. The lowest BCUT2D eigenvalue weighted by Crippen LogP contribution is -2.39. The zero-order chi connectivity index (χ0) is 22.8. The van der Waals surface area contributed by atoms with Crippen LogP contribution in [0.5, 0.6) is 0 Å². The van der Waals surface area contributed by atoms with Gasteiger partial charge in [0.15, 0.2) is 4.80 Å². The molecule has 162 valence electrons. The second-order valence-corrected chi connectivity index (χ2v) is 8.96. The highest BCUT2D eigenvalue weighted by Gasteiger charge is 2.33. The van der Waals surface area contributed by atoms with Gasteiger partial charge in [0.05, 0.1) is 21.8 Å². The van der Waals surface area contributed by atoms with Gasteiger partial charge in [-0.3, -0.25) is 9.36 Å². The maximum Gasteiger partial charge on any atom is 0.338 e. The summed E-state index contributed by atoms with van der Waals surface area (Å²) >= 11 is 13.4. The van der Waals surface area contributed by atoms with E-state index in [9.17, 15) is 9.59 Å². The molecule has 0 N–H and O–H groups in total. The Hall–Kier alpha value is -2.93. The minimum absolute atomic E-state index is 0.0577. The Labute approximate surface area is 198 Å². The molecule has 4 rings (SSSR count). The molecule has 0 fully saturated rings. The topological polar surface area (TPSA) is 60.7 Å². The van der Waals surface area contributed by atoms with Gasteiger partial charge < -0.3 is 4.74 Å². The highest BCUT2D eigenvalue weighted by molar-refractivity contribution is 7.07. The van der Waals surface area contributed by atoms with Crippen molar-refractivity contribution < 1.29 is 9.53 Å². The van der Waals surface area contributed by atoms with Gasteiger partial charge >= 0.3 is 5.97 Å². The standard InChI is InChI=1S/C24H18Cl2N2O3S/c1-3-11-31-23(30)20-14(2)27-24-28(21(20)16-7-9-17(25)10-8-16)22(29)19(32-24)13-15-5-4-6-18(26)12-15/h3-10,12-13,21H,1,11H2,2H3. The molecule has 2 heterocycles. The summed E-state index contributed by atoms with van der Waals surface area (Å²) in [6.07, 6.45) is 3.26. The first-order chi connectivity index (χ1) is 15.4. The van der Waals surface area contributed by atoms with Gasteiger partial charge in [0, 0.05) is 10.0 Å². The van der Waals surface area contributed by atoms with Crippen molar-refractivity contribution in [2.24, 2.45) is 4.99 Å². The van der Waals surface area contributed by atoms with Crippen LogP contribution < -0.4 is 14.9 Å². The van der Waals surface area contributed by atoms with Crippen LogP contribution in [-0.4, -0.2) is 17.1 Å². The molecule has 8 heteroatoms. The van der Waals surface area contributed by atoms with Gasteiger partial charge in [-0.1, -0.05) is 71.5 Å². The Balaban J connectivity index is 1.94. The van der Waals surface area contributed by atoms with E-state index >= 15 is 0 Å². The van der Waals surface area contributed by atoms with Gasteiger partial charge in [0.1, 0.15) is 6.61 Å². The molecule has 0 aliphatic carbocycles. The van der Waals surface area contributed by atoms with Crippen molar-refractivity contribution in [3.05, 3.63) is 113 Å². The van der Waals surface area contributed by atoms with E-state index in [1.54, 1.807) is 49.4 Å². The zero-order valence-corrected chi connectivity index (χ0v) is 19.4. The maximum absolute atomic E-state index is 13.5. The molecule has 3 aromatic rings. The summed E-state index contributed by atoms with van der Waals surface area (Å²) in [6.45, 7) is 5.38. The van der Waals surface area contributed by atoms with Crippen molar-refractivity contribution in [2.75, 3.05) is 6.61 Å². The molecule has 0 amide bonds. The molecule has 0 spiro atoms. The first kappa shape index (κ1) is 22.3. The number of hydrogen-bond donors (Lipinski definition) is 0. The summed E-state index contributed by atoms with van der Waals surface area (Å²) in [4.78, 5) is 31.5.